The predicted molar refractivity (Wildman–Crippen MR) is 130 cm³/mol. The van der Waals surface area contributed by atoms with Crippen molar-refractivity contribution in [3.05, 3.63) is 53.6 Å². The smallest absolute Gasteiger partial charge is 0.333 e. The molecule has 0 amide bonds. The van der Waals surface area contributed by atoms with Crippen LogP contribution in [0.15, 0.2) is 48.0 Å². The molecule has 0 radical (unpaired) electrons. The Morgan fingerprint density at radius 3 is 2.47 bits per heavy atom. The van der Waals surface area contributed by atoms with Crippen LogP contribution in [0.25, 0.3) is 17.2 Å². The van der Waals surface area contributed by atoms with Gasteiger partial charge >= 0.3 is 5.97 Å². The number of hydrogen-bond donors (Lipinski definition) is 0. The molecule has 2 aromatic rings. The van der Waals surface area contributed by atoms with Gasteiger partial charge in [-0.15, -0.1) is 0 Å². The van der Waals surface area contributed by atoms with Crippen molar-refractivity contribution in [2.24, 2.45) is 5.92 Å². The zero-order valence-corrected chi connectivity index (χ0v) is 19.7. The third kappa shape index (κ3) is 6.36. The summed E-state index contributed by atoms with van der Waals surface area (Å²) in [6.07, 6.45) is 3.68. The fraction of sp³-hybridized carbons (Fsp3) is 0.444. The molecule has 0 spiro atoms. The molecule has 3 rings (SSSR count). The Morgan fingerprint density at radius 2 is 1.78 bits per heavy atom. The van der Waals surface area contributed by atoms with E-state index in [2.05, 4.69) is 56.0 Å². The van der Waals surface area contributed by atoms with Crippen molar-refractivity contribution in [1.29, 1.82) is 0 Å². The Kier molecular flexibility index (Phi) is 8.74. The summed E-state index contributed by atoms with van der Waals surface area (Å²) in [6.45, 7) is 10.2. The lowest BCUT2D eigenvalue weighted by atomic mass is 10.00. The van der Waals surface area contributed by atoms with E-state index in [-0.39, 0.29) is 5.97 Å². The molecule has 32 heavy (non-hydrogen) atoms. The van der Waals surface area contributed by atoms with Gasteiger partial charge in [0.05, 0.1) is 13.7 Å². The zero-order valence-electron chi connectivity index (χ0n) is 19.7. The van der Waals surface area contributed by atoms with Gasteiger partial charge in [0.1, 0.15) is 12.4 Å². The second-order valence-electron chi connectivity index (χ2n) is 8.51. The fourth-order valence-electron chi connectivity index (χ4n) is 3.90. The number of benzene rings is 2. The van der Waals surface area contributed by atoms with Crippen molar-refractivity contribution < 1.29 is 19.0 Å². The van der Waals surface area contributed by atoms with Crippen LogP contribution in [0.1, 0.15) is 39.2 Å². The molecule has 5 nitrogen and oxygen atoms in total. The van der Waals surface area contributed by atoms with Gasteiger partial charge in [0.15, 0.2) is 0 Å². The van der Waals surface area contributed by atoms with E-state index in [4.69, 9.17) is 14.2 Å². The monoisotopic (exact) mass is 437 g/mol. The highest BCUT2D eigenvalue weighted by molar-refractivity contribution is 5.96. The van der Waals surface area contributed by atoms with Crippen molar-refractivity contribution in [2.45, 2.75) is 33.6 Å². The second-order valence-corrected chi connectivity index (χ2v) is 8.51. The lowest BCUT2D eigenvalue weighted by Gasteiger charge is -2.27. The standard InChI is InChI=1S/C27H35NO4/c1-5-14-31-15-16-32-25-9-6-21(7-10-25)22-8-11-26-24(17-22)18-23(27(29)30-4)12-13-28(26)19-20(2)3/h6-11,17-18,20H,5,12-16,19H2,1-4H3. The number of fused-ring (bicyclic) bond motifs is 1. The first kappa shape index (κ1) is 23.9. The molecule has 0 saturated carbocycles. The Hall–Kier alpha value is -2.79. The van der Waals surface area contributed by atoms with Gasteiger partial charge < -0.3 is 19.1 Å². The summed E-state index contributed by atoms with van der Waals surface area (Å²) in [5.41, 5.74) is 5.14. The SMILES string of the molecule is CCCOCCOc1ccc(-c2ccc3c(c2)C=C(C(=O)OC)CCN3CC(C)C)cc1. The van der Waals surface area contributed by atoms with Crippen LogP contribution in [-0.4, -0.2) is 46.0 Å². The molecule has 1 heterocycles. The quantitative estimate of drug-likeness (QED) is 0.359. The van der Waals surface area contributed by atoms with Gasteiger partial charge in [-0.25, -0.2) is 4.79 Å². The number of carbonyl (C=O) groups excluding carboxylic acids is 1. The number of hydrogen-bond acceptors (Lipinski definition) is 5. The Balaban J connectivity index is 1.81. The molecule has 0 atom stereocenters. The summed E-state index contributed by atoms with van der Waals surface area (Å²) in [6, 6.07) is 14.6. The summed E-state index contributed by atoms with van der Waals surface area (Å²) in [4.78, 5) is 14.6. The molecule has 0 N–H and O–H groups in total. The van der Waals surface area contributed by atoms with Crippen molar-refractivity contribution in [1.82, 2.24) is 0 Å². The number of nitrogens with zero attached hydrogens (tertiary/aromatic N) is 1. The molecular formula is C27H35NO4. The molecule has 0 aromatic heterocycles. The van der Waals surface area contributed by atoms with Crippen molar-refractivity contribution >= 4 is 17.7 Å². The van der Waals surface area contributed by atoms with E-state index >= 15 is 0 Å². The number of anilines is 1. The summed E-state index contributed by atoms with van der Waals surface area (Å²) >= 11 is 0. The summed E-state index contributed by atoms with van der Waals surface area (Å²) in [5, 5.41) is 0. The number of methoxy groups -OCH3 is 1. The molecule has 0 bridgehead atoms. The van der Waals surface area contributed by atoms with Gasteiger partial charge in [-0.3, -0.25) is 0 Å². The Morgan fingerprint density at radius 1 is 1.03 bits per heavy atom. The topological polar surface area (TPSA) is 48.0 Å². The third-order valence-corrected chi connectivity index (χ3v) is 5.41. The largest absolute Gasteiger partial charge is 0.491 e. The van der Waals surface area contributed by atoms with Gasteiger partial charge in [-0.05, 0) is 65.8 Å². The second kappa shape index (κ2) is 11.7. The Bertz CT molecular complexity index is 918. The summed E-state index contributed by atoms with van der Waals surface area (Å²) < 4.78 is 16.2. The maximum absolute atomic E-state index is 12.3. The average Bonchev–Trinajstić information content (AvgIpc) is 2.97. The predicted octanol–water partition coefficient (Wildman–Crippen LogP) is 5.58. The highest BCUT2D eigenvalue weighted by Gasteiger charge is 2.21. The third-order valence-electron chi connectivity index (χ3n) is 5.41. The van der Waals surface area contributed by atoms with Crippen molar-refractivity contribution in [3.8, 4) is 16.9 Å². The van der Waals surface area contributed by atoms with Gasteiger partial charge in [-0.2, -0.15) is 0 Å². The lowest BCUT2D eigenvalue weighted by molar-refractivity contribution is -0.136. The first-order chi connectivity index (χ1) is 15.5. The highest BCUT2D eigenvalue weighted by atomic mass is 16.5. The van der Waals surface area contributed by atoms with E-state index in [0.717, 1.165) is 54.2 Å². The maximum Gasteiger partial charge on any atom is 0.333 e. The van der Waals surface area contributed by atoms with Crippen LogP contribution in [0.2, 0.25) is 0 Å². The minimum absolute atomic E-state index is 0.253. The molecule has 0 fully saturated rings. The van der Waals surface area contributed by atoms with E-state index < -0.39 is 0 Å². The Labute approximate surface area is 192 Å². The summed E-state index contributed by atoms with van der Waals surface area (Å²) in [7, 11) is 1.44. The molecule has 0 unspecified atom stereocenters. The maximum atomic E-state index is 12.3. The number of rotatable bonds is 10. The van der Waals surface area contributed by atoms with E-state index in [9.17, 15) is 4.79 Å². The van der Waals surface area contributed by atoms with Crippen molar-refractivity contribution in [3.63, 3.8) is 0 Å². The van der Waals surface area contributed by atoms with Crippen LogP contribution in [-0.2, 0) is 14.3 Å². The summed E-state index contributed by atoms with van der Waals surface area (Å²) in [5.74, 6) is 1.11. The minimum Gasteiger partial charge on any atom is -0.491 e. The van der Waals surface area contributed by atoms with Gasteiger partial charge in [0.25, 0.3) is 0 Å². The molecular weight excluding hydrogens is 402 g/mol. The molecule has 172 valence electrons. The van der Waals surface area contributed by atoms with Gasteiger partial charge in [0, 0.05) is 31.0 Å². The number of esters is 1. The zero-order chi connectivity index (χ0) is 22.9. The van der Waals surface area contributed by atoms with Crippen LogP contribution >= 0.6 is 0 Å². The van der Waals surface area contributed by atoms with Crippen LogP contribution in [0.5, 0.6) is 5.75 Å². The molecule has 1 aliphatic heterocycles. The minimum atomic E-state index is -0.253. The highest BCUT2D eigenvalue weighted by Crippen LogP contribution is 2.33. The fourth-order valence-corrected chi connectivity index (χ4v) is 3.90. The number of ether oxygens (including phenoxy) is 3. The van der Waals surface area contributed by atoms with E-state index in [1.165, 1.54) is 7.11 Å². The lowest BCUT2D eigenvalue weighted by Crippen LogP contribution is -2.29. The van der Waals surface area contributed by atoms with Crippen LogP contribution in [0.3, 0.4) is 0 Å². The van der Waals surface area contributed by atoms with Crippen LogP contribution in [0.4, 0.5) is 5.69 Å². The van der Waals surface area contributed by atoms with E-state index in [0.29, 0.717) is 31.1 Å². The normalized spacial score (nSPS) is 13.4. The molecule has 0 saturated heterocycles. The first-order valence-corrected chi connectivity index (χ1v) is 11.5. The first-order valence-electron chi connectivity index (χ1n) is 11.5. The molecule has 5 heteroatoms. The average molecular weight is 438 g/mol. The molecule has 1 aliphatic rings. The van der Waals surface area contributed by atoms with E-state index in [1.54, 1.807) is 0 Å². The van der Waals surface area contributed by atoms with Crippen molar-refractivity contribution in [2.75, 3.05) is 44.9 Å². The van der Waals surface area contributed by atoms with Crippen LogP contribution < -0.4 is 9.64 Å². The molecule has 2 aromatic carbocycles. The van der Waals surface area contributed by atoms with Crippen LogP contribution in [0, 0.1) is 5.92 Å². The van der Waals surface area contributed by atoms with E-state index in [1.807, 2.05) is 18.2 Å². The van der Waals surface area contributed by atoms with Gasteiger partial charge in [0.2, 0.25) is 0 Å². The van der Waals surface area contributed by atoms with Gasteiger partial charge in [-0.1, -0.05) is 39.0 Å². The number of carbonyl (C=O) groups is 1. The molecule has 0 aliphatic carbocycles.